The minimum atomic E-state index is -1.51. The topological polar surface area (TPSA) is 36.7 Å². The highest BCUT2D eigenvalue weighted by molar-refractivity contribution is 7.37. The van der Waals surface area contributed by atoms with Gasteiger partial charge in [-0.15, -0.1) is 22.7 Å². The van der Waals surface area contributed by atoms with Crippen LogP contribution in [0.3, 0.4) is 0 Å². The van der Waals surface area contributed by atoms with Crippen LogP contribution in [0.15, 0.2) is 66.7 Å². The average Bonchev–Trinajstić information content (AvgIpc) is 3.58. The summed E-state index contributed by atoms with van der Waals surface area (Å²) in [5.41, 5.74) is 5.31. The molecule has 0 amide bonds. The fourth-order valence-electron chi connectivity index (χ4n) is 4.88. The zero-order chi connectivity index (χ0) is 26.1. The maximum atomic E-state index is 11.3. The number of aldehydes is 1. The van der Waals surface area contributed by atoms with Gasteiger partial charge in [-0.2, -0.15) is 4.57 Å². The molecule has 0 saturated heterocycles. The van der Waals surface area contributed by atoms with E-state index in [0.717, 1.165) is 23.4 Å². The molecule has 0 bridgehead atoms. The summed E-state index contributed by atoms with van der Waals surface area (Å²) in [5.74, 6) is 1.04. The first kappa shape index (κ1) is 24.5. The second-order valence-electron chi connectivity index (χ2n) is 11.8. The van der Waals surface area contributed by atoms with E-state index in [1.165, 1.54) is 40.2 Å². The van der Waals surface area contributed by atoms with Crippen molar-refractivity contribution in [3.05, 3.63) is 72.3 Å². The van der Waals surface area contributed by atoms with Crippen LogP contribution < -0.4 is 13.6 Å². The number of aromatic amines is 1. The SMILES string of the molecule is C[Si](C)(C)c1cc2c3[nH]c(-c4ccc(C=O)cc4)[n+](-c4ccccc4)c3c3cc([Si](C)(C)C)sc3c2s1. The van der Waals surface area contributed by atoms with Gasteiger partial charge in [-0.05, 0) is 45.4 Å². The Morgan fingerprint density at radius 1 is 0.757 bits per heavy atom. The average molecular weight is 556 g/mol. The third-order valence-corrected chi connectivity index (χ3v) is 16.5. The number of carbonyl (C=O) groups is 1. The Balaban J connectivity index is 1.82. The molecule has 0 radical (unpaired) electrons. The van der Waals surface area contributed by atoms with Crippen LogP contribution in [0.25, 0.3) is 48.3 Å². The lowest BCUT2D eigenvalue weighted by molar-refractivity contribution is -0.553. The molecular formula is C30H31N2OS2Si2+. The van der Waals surface area contributed by atoms with Crippen LogP contribution >= 0.6 is 22.7 Å². The third-order valence-electron chi connectivity index (χ3n) is 6.94. The molecular weight excluding hydrogens is 525 g/mol. The Morgan fingerprint density at radius 2 is 1.32 bits per heavy atom. The smallest absolute Gasteiger partial charge is 0.292 e. The van der Waals surface area contributed by atoms with Crippen LogP contribution in [0.5, 0.6) is 0 Å². The van der Waals surface area contributed by atoms with E-state index in [2.05, 4.69) is 91.3 Å². The molecule has 6 rings (SSSR count). The lowest BCUT2D eigenvalue weighted by atomic mass is 10.1. The number of thiophene rings is 2. The highest BCUT2D eigenvalue weighted by Gasteiger charge is 2.31. The highest BCUT2D eigenvalue weighted by atomic mass is 32.1. The monoisotopic (exact) mass is 555 g/mol. The first-order valence-corrected chi connectivity index (χ1v) is 21.3. The Labute approximate surface area is 227 Å². The highest BCUT2D eigenvalue weighted by Crippen LogP contribution is 2.40. The fraction of sp³-hybridized carbons (Fsp3) is 0.200. The van der Waals surface area contributed by atoms with Crippen molar-refractivity contribution >= 4 is 85.3 Å². The van der Waals surface area contributed by atoms with E-state index in [-0.39, 0.29) is 0 Å². The number of hydrogen-bond acceptors (Lipinski definition) is 3. The molecule has 0 atom stereocenters. The van der Waals surface area contributed by atoms with Gasteiger partial charge in [0.1, 0.15) is 12.0 Å². The molecule has 3 nitrogen and oxygen atoms in total. The molecule has 3 aromatic carbocycles. The van der Waals surface area contributed by atoms with Gasteiger partial charge in [-0.3, -0.25) is 4.79 Å². The fourth-order valence-corrected chi connectivity index (χ4v) is 11.1. The van der Waals surface area contributed by atoms with E-state index in [0.29, 0.717) is 5.56 Å². The van der Waals surface area contributed by atoms with Gasteiger partial charge in [-0.25, -0.2) is 4.98 Å². The molecule has 1 N–H and O–H groups in total. The predicted molar refractivity (Wildman–Crippen MR) is 167 cm³/mol. The normalized spacial score (nSPS) is 12.7. The number of nitrogens with one attached hydrogen (secondary N) is 1. The van der Waals surface area contributed by atoms with Crippen molar-refractivity contribution in [1.29, 1.82) is 0 Å². The molecule has 186 valence electrons. The molecule has 0 spiro atoms. The quantitative estimate of drug-likeness (QED) is 0.134. The van der Waals surface area contributed by atoms with E-state index >= 15 is 0 Å². The van der Waals surface area contributed by atoms with Crippen LogP contribution in [0.4, 0.5) is 0 Å². The van der Waals surface area contributed by atoms with Gasteiger partial charge in [0.15, 0.2) is 11.0 Å². The van der Waals surface area contributed by atoms with Crippen molar-refractivity contribution in [2.24, 2.45) is 0 Å². The van der Waals surface area contributed by atoms with Gasteiger partial charge in [0.2, 0.25) is 0 Å². The number of imidazole rings is 1. The summed E-state index contributed by atoms with van der Waals surface area (Å²) in [6.07, 6.45) is 0.903. The number of carbonyl (C=O) groups excluding carboxylic acids is 1. The summed E-state index contributed by atoms with van der Waals surface area (Å²) in [5, 5.41) is 2.67. The summed E-state index contributed by atoms with van der Waals surface area (Å²) >= 11 is 4.01. The Hall–Kier alpha value is -2.85. The van der Waals surface area contributed by atoms with Crippen molar-refractivity contribution in [2.75, 3.05) is 0 Å². The van der Waals surface area contributed by atoms with Gasteiger partial charge in [0.25, 0.3) is 5.82 Å². The van der Waals surface area contributed by atoms with Gasteiger partial charge < -0.3 is 0 Å². The van der Waals surface area contributed by atoms with Gasteiger partial charge >= 0.3 is 0 Å². The third kappa shape index (κ3) is 4.05. The van der Waals surface area contributed by atoms with Crippen molar-refractivity contribution in [2.45, 2.75) is 39.3 Å². The molecule has 37 heavy (non-hydrogen) atoms. The van der Waals surface area contributed by atoms with Gasteiger partial charge in [0, 0.05) is 16.3 Å². The lowest BCUT2D eigenvalue weighted by Gasteiger charge is -2.12. The van der Waals surface area contributed by atoms with Crippen molar-refractivity contribution in [3.63, 3.8) is 0 Å². The van der Waals surface area contributed by atoms with E-state index in [1.807, 2.05) is 46.9 Å². The summed E-state index contributed by atoms with van der Waals surface area (Å²) in [6, 6.07) is 23.5. The molecule has 0 aliphatic heterocycles. The molecule has 0 saturated carbocycles. The van der Waals surface area contributed by atoms with Crippen LogP contribution in [-0.4, -0.2) is 27.4 Å². The first-order chi connectivity index (χ1) is 17.6. The standard InChI is InChI=1S/C30H30N2OS2Si2/c1-36(2,3)24-16-22-26-27(23-17-25(37(4,5)6)35-29(23)28(22)34-24)32(21-10-8-7-9-11-21)30(31-26)20-14-12-19(18-33)13-15-20/h7-18H,1-6H3/p+1. The van der Waals surface area contributed by atoms with Crippen molar-refractivity contribution in [3.8, 4) is 17.1 Å². The Bertz CT molecular complexity index is 1800. The van der Waals surface area contributed by atoms with Crippen molar-refractivity contribution in [1.82, 2.24) is 4.98 Å². The first-order valence-electron chi connectivity index (χ1n) is 12.6. The summed E-state index contributed by atoms with van der Waals surface area (Å²) in [4.78, 5) is 15.2. The number of para-hydroxylation sites is 1. The maximum absolute atomic E-state index is 11.3. The minimum absolute atomic E-state index is 0.686. The second kappa shape index (κ2) is 8.59. The van der Waals surface area contributed by atoms with E-state index in [1.54, 1.807) is 0 Å². The largest absolute Gasteiger partial charge is 0.298 e. The minimum Gasteiger partial charge on any atom is -0.298 e. The van der Waals surface area contributed by atoms with E-state index in [4.69, 9.17) is 0 Å². The van der Waals surface area contributed by atoms with Crippen LogP contribution in [0.2, 0.25) is 39.3 Å². The zero-order valence-corrected chi connectivity index (χ0v) is 25.7. The lowest BCUT2D eigenvalue weighted by Crippen LogP contribution is -2.35. The number of hydrogen-bond donors (Lipinski definition) is 1. The second-order valence-corrected chi connectivity index (χ2v) is 24.7. The van der Waals surface area contributed by atoms with Crippen LogP contribution in [0.1, 0.15) is 10.4 Å². The molecule has 0 unspecified atom stereocenters. The molecule has 3 heterocycles. The number of nitrogens with zero attached hydrogens (tertiary/aromatic N) is 1. The molecule has 0 fully saturated rings. The van der Waals surface area contributed by atoms with E-state index < -0.39 is 16.1 Å². The zero-order valence-electron chi connectivity index (χ0n) is 22.1. The van der Waals surface area contributed by atoms with Crippen LogP contribution in [-0.2, 0) is 0 Å². The molecule has 6 aromatic rings. The summed E-state index contributed by atoms with van der Waals surface area (Å²) in [6.45, 7) is 14.6. The molecule has 0 aliphatic carbocycles. The van der Waals surface area contributed by atoms with Gasteiger partial charge in [-0.1, -0.05) is 69.6 Å². The molecule has 7 heteroatoms. The maximum Gasteiger partial charge on any atom is 0.292 e. The van der Waals surface area contributed by atoms with E-state index in [9.17, 15) is 4.79 Å². The summed E-state index contributed by atoms with van der Waals surface area (Å²) < 4.78 is 8.30. The molecule has 3 aromatic heterocycles. The van der Waals surface area contributed by atoms with Gasteiger partial charge in [0.05, 0.1) is 31.1 Å². The number of benzene rings is 3. The number of H-pyrrole nitrogens is 1. The number of aromatic nitrogens is 2. The van der Waals surface area contributed by atoms with Crippen LogP contribution in [0, 0.1) is 0 Å². The predicted octanol–water partition coefficient (Wildman–Crippen LogP) is 7.44. The summed E-state index contributed by atoms with van der Waals surface area (Å²) in [7, 11) is -2.99. The number of rotatable bonds is 5. The van der Waals surface area contributed by atoms with Crippen molar-refractivity contribution < 1.29 is 9.36 Å². The Morgan fingerprint density at radius 3 is 1.89 bits per heavy atom. The Kier molecular flexibility index (Phi) is 5.69. The molecule has 0 aliphatic rings. The number of fused-ring (bicyclic) bond motifs is 6.